The van der Waals surface area contributed by atoms with E-state index in [9.17, 15) is 9.18 Å². The number of anilines is 1. The molecule has 0 aromatic heterocycles. The lowest BCUT2D eigenvalue weighted by molar-refractivity contribution is -0.131. The highest BCUT2D eigenvalue weighted by atomic mass is 19.1. The molecular weight excluding hydrogens is 305 g/mol. The third-order valence-corrected chi connectivity index (χ3v) is 4.28. The van der Waals surface area contributed by atoms with Gasteiger partial charge in [0.15, 0.2) is 0 Å². The van der Waals surface area contributed by atoms with Gasteiger partial charge >= 0.3 is 0 Å². The number of benzene rings is 2. The molecule has 5 heteroatoms. The lowest BCUT2D eigenvalue weighted by Crippen LogP contribution is -2.49. The quantitative estimate of drug-likeness (QED) is 0.917. The molecule has 0 atom stereocenters. The fourth-order valence-electron chi connectivity index (χ4n) is 2.88. The molecule has 0 spiro atoms. The van der Waals surface area contributed by atoms with Crippen LogP contribution in [-0.2, 0) is 11.3 Å². The smallest absolute Gasteiger partial charge is 0.241 e. The molecule has 1 fully saturated rings. The zero-order valence-electron chi connectivity index (χ0n) is 13.6. The average molecular weight is 327 g/mol. The topological polar surface area (TPSA) is 35.6 Å². The van der Waals surface area contributed by atoms with E-state index >= 15 is 0 Å². The number of piperazine rings is 1. The summed E-state index contributed by atoms with van der Waals surface area (Å²) in [7, 11) is 0. The molecule has 1 aliphatic rings. The maximum absolute atomic E-state index is 13.5. The van der Waals surface area contributed by atoms with Gasteiger partial charge in [0.25, 0.3) is 0 Å². The van der Waals surface area contributed by atoms with Crippen LogP contribution in [0.15, 0.2) is 54.6 Å². The van der Waals surface area contributed by atoms with E-state index in [-0.39, 0.29) is 18.3 Å². The predicted molar refractivity (Wildman–Crippen MR) is 93.2 cm³/mol. The molecule has 0 saturated carbocycles. The van der Waals surface area contributed by atoms with Crippen LogP contribution < -0.4 is 5.32 Å². The highest BCUT2D eigenvalue weighted by molar-refractivity contribution is 5.81. The van der Waals surface area contributed by atoms with Crippen molar-refractivity contribution in [2.24, 2.45) is 0 Å². The summed E-state index contributed by atoms with van der Waals surface area (Å²) >= 11 is 0. The Morgan fingerprint density at radius 1 is 0.958 bits per heavy atom. The van der Waals surface area contributed by atoms with Crippen LogP contribution in [0.3, 0.4) is 0 Å². The van der Waals surface area contributed by atoms with E-state index in [1.54, 1.807) is 18.2 Å². The molecule has 3 rings (SSSR count). The zero-order chi connectivity index (χ0) is 16.8. The third-order valence-electron chi connectivity index (χ3n) is 4.28. The summed E-state index contributed by atoms with van der Waals surface area (Å²) in [5.74, 6) is -0.324. The van der Waals surface area contributed by atoms with Crippen LogP contribution in [0.25, 0.3) is 0 Å². The molecule has 1 heterocycles. The molecular formula is C19H22FN3O. The minimum Gasteiger partial charge on any atom is -0.374 e. The number of carbonyl (C=O) groups is 1. The first-order chi connectivity index (χ1) is 11.7. The summed E-state index contributed by atoms with van der Waals surface area (Å²) in [5.41, 5.74) is 1.66. The van der Waals surface area contributed by atoms with Crippen molar-refractivity contribution in [1.82, 2.24) is 9.80 Å². The van der Waals surface area contributed by atoms with Crippen LogP contribution >= 0.6 is 0 Å². The fourth-order valence-corrected chi connectivity index (χ4v) is 2.88. The lowest BCUT2D eigenvalue weighted by atomic mass is 10.2. The first-order valence-corrected chi connectivity index (χ1v) is 8.25. The fraction of sp³-hybridized carbons (Fsp3) is 0.316. The standard InChI is InChI=1S/C19H22FN3O/c20-17-8-4-5-9-18(17)21-14-19(24)23-12-10-22(11-13-23)15-16-6-2-1-3-7-16/h1-9,21H,10-15H2. The Morgan fingerprint density at radius 2 is 1.62 bits per heavy atom. The molecule has 0 unspecified atom stereocenters. The van der Waals surface area contributed by atoms with Crippen molar-refractivity contribution in [3.8, 4) is 0 Å². The molecule has 2 aromatic rings. The van der Waals surface area contributed by atoms with Crippen LogP contribution in [0.4, 0.5) is 10.1 Å². The van der Waals surface area contributed by atoms with E-state index in [1.165, 1.54) is 11.6 Å². The van der Waals surface area contributed by atoms with Crippen LogP contribution in [0.2, 0.25) is 0 Å². The monoisotopic (exact) mass is 327 g/mol. The van der Waals surface area contributed by atoms with Crippen molar-refractivity contribution in [3.05, 3.63) is 66.0 Å². The van der Waals surface area contributed by atoms with Gasteiger partial charge in [0.2, 0.25) is 5.91 Å². The number of hydrogen-bond donors (Lipinski definition) is 1. The second-order valence-corrected chi connectivity index (χ2v) is 5.98. The summed E-state index contributed by atoms with van der Waals surface area (Å²) in [4.78, 5) is 16.5. The van der Waals surface area contributed by atoms with E-state index < -0.39 is 0 Å². The van der Waals surface area contributed by atoms with Gasteiger partial charge in [0, 0.05) is 32.7 Å². The molecule has 4 nitrogen and oxygen atoms in total. The molecule has 1 aliphatic heterocycles. The molecule has 1 amide bonds. The van der Waals surface area contributed by atoms with Gasteiger partial charge in [-0.15, -0.1) is 0 Å². The number of halogens is 1. The van der Waals surface area contributed by atoms with Crippen LogP contribution in [0.5, 0.6) is 0 Å². The van der Waals surface area contributed by atoms with E-state index in [1.807, 2.05) is 23.1 Å². The first kappa shape index (κ1) is 16.5. The van der Waals surface area contributed by atoms with Crippen molar-refractivity contribution >= 4 is 11.6 Å². The van der Waals surface area contributed by atoms with Gasteiger partial charge < -0.3 is 10.2 Å². The van der Waals surface area contributed by atoms with E-state index in [0.29, 0.717) is 18.8 Å². The highest BCUT2D eigenvalue weighted by Gasteiger charge is 2.21. The SMILES string of the molecule is O=C(CNc1ccccc1F)N1CCN(Cc2ccccc2)CC1. The second kappa shape index (κ2) is 7.93. The van der Waals surface area contributed by atoms with E-state index in [2.05, 4.69) is 22.3 Å². The number of carbonyl (C=O) groups excluding carboxylic acids is 1. The summed E-state index contributed by atoms with van der Waals surface area (Å²) in [6, 6.07) is 16.8. The first-order valence-electron chi connectivity index (χ1n) is 8.25. The van der Waals surface area contributed by atoms with Gasteiger partial charge in [-0.25, -0.2) is 4.39 Å². The Hall–Kier alpha value is -2.40. The Kier molecular flexibility index (Phi) is 5.43. The molecule has 0 aliphatic carbocycles. The Labute approximate surface area is 141 Å². The number of rotatable bonds is 5. The van der Waals surface area contributed by atoms with Crippen LogP contribution in [-0.4, -0.2) is 48.4 Å². The number of amides is 1. The maximum Gasteiger partial charge on any atom is 0.241 e. The van der Waals surface area contributed by atoms with Crippen molar-refractivity contribution in [2.75, 3.05) is 38.0 Å². The summed E-state index contributed by atoms with van der Waals surface area (Å²) in [6.07, 6.45) is 0. The van der Waals surface area contributed by atoms with Crippen molar-refractivity contribution in [2.45, 2.75) is 6.54 Å². The zero-order valence-corrected chi connectivity index (χ0v) is 13.6. The largest absolute Gasteiger partial charge is 0.374 e. The highest BCUT2D eigenvalue weighted by Crippen LogP contribution is 2.13. The Balaban J connectivity index is 1.44. The summed E-state index contributed by atoms with van der Waals surface area (Å²) < 4.78 is 13.5. The average Bonchev–Trinajstić information content (AvgIpc) is 2.62. The molecule has 0 bridgehead atoms. The molecule has 1 N–H and O–H groups in total. The Morgan fingerprint density at radius 3 is 2.33 bits per heavy atom. The minimum absolute atomic E-state index is 0.0117. The van der Waals surface area contributed by atoms with Gasteiger partial charge in [-0.3, -0.25) is 9.69 Å². The molecule has 126 valence electrons. The predicted octanol–water partition coefficient (Wildman–Crippen LogP) is 2.58. The van der Waals surface area contributed by atoms with Gasteiger partial charge in [-0.2, -0.15) is 0 Å². The number of nitrogens with zero attached hydrogens (tertiary/aromatic N) is 2. The van der Waals surface area contributed by atoms with Crippen molar-refractivity contribution in [3.63, 3.8) is 0 Å². The number of nitrogens with one attached hydrogen (secondary N) is 1. The third kappa shape index (κ3) is 4.32. The normalized spacial score (nSPS) is 15.3. The second-order valence-electron chi connectivity index (χ2n) is 5.98. The van der Waals surface area contributed by atoms with Crippen molar-refractivity contribution in [1.29, 1.82) is 0 Å². The van der Waals surface area contributed by atoms with Gasteiger partial charge in [-0.05, 0) is 17.7 Å². The van der Waals surface area contributed by atoms with Gasteiger partial charge in [0.1, 0.15) is 5.82 Å². The van der Waals surface area contributed by atoms with E-state index in [0.717, 1.165) is 19.6 Å². The summed E-state index contributed by atoms with van der Waals surface area (Å²) in [6.45, 7) is 4.19. The van der Waals surface area contributed by atoms with E-state index in [4.69, 9.17) is 0 Å². The molecule has 1 saturated heterocycles. The molecule has 0 radical (unpaired) electrons. The maximum atomic E-state index is 13.5. The lowest BCUT2D eigenvalue weighted by Gasteiger charge is -2.34. The van der Waals surface area contributed by atoms with Gasteiger partial charge in [0.05, 0.1) is 12.2 Å². The Bertz CT molecular complexity index is 669. The number of para-hydroxylation sites is 1. The summed E-state index contributed by atoms with van der Waals surface area (Å²) in [5, 5.41) is 2.88. The van der Waals surface area contributed by atoms with Crippen molar-refractivity contribution < 1.29 is 9.18 Å². The van der Waals surface area contributed by atoms with Crippen LogP contribution in [0.1, 0.15) is 5.56 Å². The van der Waals surface area contributed by atoms with Gasteiger partial charge in [-0.1, -0.05) is 42.5 Å². The molecule has 2 aromatic carbocycles. The van der Waals surface area contributed by atoms with Crippen LogP contribution in [0, 0.1) is 5.82 Å². The number of hydrogen-bond acceptors (Lipinski definition) is 3. The molecule has 24 heavy (non-hydrogen) atoms. The minimum atomic E-state index is -0.335.